The van der Waals surface area contributed by atoms with E-state index in [1.54, 1.807) is 12.5 Å². The minimum Gasteiger partial charge on any atom is -0.371 e. The SMILES string of the molecule is Cc1cccc(N2CCC[C@H](C(=O)NCCc3cncn3C(C#N)c3ccccc3)C2)c1. The van der Waals surface area contributed by atoms with Gasteiger partial charge in [0.15, 0.2) is 0 Å². The van der Waals surface area contributed by atoms with Crippen molar-refractivity contribution < 1.29 is 4.79 Å². The Kier molecular flexibility index (Phi) is 6.86. The van der Waals surface area contributed by atoms with Crippen LogP contribution in [0.15, 0.2) is 67.1 Å². The molecule has 2 heterocycles. The maximum Gasteiger partial charge on any atom is 0.224 e. The Morgan fingerprint density at radius 3 is 2.88 bits per heavy atom. The van der Waals surface area contributed by atoms with Crippen molar-refractivity contribution in [2.24, 2.45) is 5.92 Å². The van der Waals surface area contributed by atoms with Gasteiger partial charge in [-0.2, -0.15) is 5.26 Å². The average Bonchev–Trinajstić information content (AvgIpc) is 3.28. The van der Waals surface area contributed by atoms with Gasteiger partial charge in [-0.1, -0.05) is 42.5 Å². The van der Waals surface area contributed by atoms with Crippen molar-refractivity contribution in [3.05, 3.63) is 83.9 Å². The van der Waals surface area contributed by atoms with Crippen LogP contribution in [-0.4, -0.2) is 35.1 Å². The van der Waals surface area contributed by atoms with Gasteiger partial charge in [0.25, 0.3) is 0 Å². The molecule has 0 radical (unpaired) electrons. The molecule has 32 heavy (non-hydrogen) atoms. The lowest BCUT2D eigenvalue weighted by molar-refractivity contribution is -0.125. The number of nitrogens with zero attached hydrogens (tertiary/aromatic N) is 4. The fourth-order valence-electron chi connectivity index (χ4n) is 4.40. The number of aryl methyl sites for hydroxylation is 1. The highest BCUT2D eigenvalue weighted by Gasteiger charge is 2.26. The minimum atomic E-state index is -0.425. The lowest BCUT2D eigenvalue weighted by Crippen LogP contribution is -2.43. The van der Waals surface area contributed by atoms with Crippen LogP contribution in [0.1, 0.15) is 35.7 Å². The summed E-state index contributed by atoms with van der Waals surface area (Å²) in [6.07, 6.45) is 6.03. The highest BCUT2D eigenvalue weighted by molar-refractivity contribution is 5.79. The Hall–Kier alpha value is -3.59. The standard InChI is InChI=1S/C26H29N5O/c1-20-7-5-11-23(15-20)30-14-6-10-22(18-30)26(32)29-13-12-24-17-28-19-31(24)25(16-27)21-8-3-2-4-9-21/h2-5,7-9,11,15,17,19,22,25H,6,10,12-14,18H2,1H3,(H,29,32)/t22-,25?/m0/s1. The molecule has 1 aliphatic rings. The van der Waals surface area contributed by atoms with Gasteiger partial charge in [-0.25, -0.2) is 4.98 Å². The number of carbonyl (C=O) groups excluding carboxylic acids is 1. The lowest BCUT2D eigenvalue weighted by atomic mass is 9.96. The van der Waals surface area contributed by atoms with Crippen molar-refractivity contribution >= 4 is 11.6 Å². The molecular formula is C26H29N5O. The number of rotatable bonds is 7. The summed E-state index contributed by atoms with van der Waals surface area (Å²) in [5.74, 6) is 0.0960. The maximum atomic E-state index is 12.9. The number of piperidine rings is 1. The molecule has 1 unspecified atom stereocenters. The molecule has 1 aromatic heterocycles. The summed E-state index contributed by atoms with van der Waals surface area (Å²) >= 11 is 0. The van der Waals surface area contributed by atoms with E-state index in [1.165, 1.54) is 11.3 Å². The molecule has 0 aliphatic carbocycles. The Morgan fingerprint density at radius 1 is 1.25 bits per heavy atom. The Bertz CT molecular complexity index is 1080. The highest BCUT2D eigenvalue weighted by atomic mass is 16.1. The van der Waals surface area contributed by atoms with Crippen molar-refractivity contribution in [1.29, 1.82) is 5.26 Å². The second-order valence-electron chi connectivity index (χ2n) is 8.40. The molecule has 1 aliphatic heterocycles. The van der Waals surface area contributed by atoms with Gasteiger partial charge >= 0.3 is 0 Å². The molecule has 2 atom stereocenters. The monoisotopic (exact) mass is 427 g/mol. The third kappa shape index (κ3) is 5.00. The minimum absolute atomic E-state index is 0.00894. The van der Waals surface area contributed by atoms with Crippen molar-refractivity contribution in [3.8, 4) is 6.07 Å². The zero-order valence-electron chi connectivity index (χ0n) is 18.4. The van der Waals surface area contributed by atoms with Crippen LogP contribution in [0.5, 0.6) is 0 Å². The lowest BCUT2D eigenvalue weighted by Gasteiger charge is -2.34. The highest BCUT2D eigenvalue weighted by Crippen LogP contribution is 2.24. The summed E-state index contributed by atoms with van der Waals surface area (Å²) in [7, 11) is 0. The average molecular weight is 428 g/mol. The summed E-state index contributed by atoms with van der Waals surface area (Å²) in [6, 6.07) is 20.1. The van der Waals surface area contributed by atoms with E-state index < -0.39 is 6.04 Å². The van der Waals surface area contributed by atoms with Crippen LogP contribution < -0.4 is 10.2 Å². The molecule has 0 spiro atoms. The number of imidazole rings is 1. The third-order valence-electron chi connectivity index (χ3n) is 6.10. The molecule has 1 fully saturated rings. The first-order valence-electron chi connectivity index (χ1n) is 11.2. The summed E-state index contributed by atoms with van der Waals surface area (Å²) in [4.78, 5) is 19.4. The van der Waals surface area contributed by atoms with Crippen LogP contribution >= 0.6 is 0 Å². The van der Waals surface area contributed by atoms with Gasteiger partial charge < -0.3 is 14.8 Å². The predicted molar refractivity (Wildman–Crippen MR) is 125 cm³/mol. The fourth-order valence-corrected chi connectivity index (χ4v) is 4.40. The molecule has 3 aromatic rings. The maximum absolute atomic E-state index is 12.9. The van der Waals surface area contributed by atoms with Crippen molar-refractivity contribution in [3.63, 3.8) is 0 Å². The Morgan fingerprint density at radius 2 is 2.09 bits per heavy atom. The number of carbonyl (C=O) groups is 1. The Balaban J connectivity index is 1.34. The Labute approximate surface area is 189 Å². The smallest absolute Gasteiger partial charge is 0.224 e. The summed E-state index contributed by atoms with van der Waals surface area (Å²) < 4.78 is 1.89. The van der Waals surface area contributed by atoms with E-state index in [0.29, 0.717) is 13.0 Å². The van der Waals surface area contributed by atoms with Gasteiger partial charge in [-0.05, 0) is 43.0 Å². The number of nitrogens with one attached hydrogen (secondary N) is 1. The van der Waals surface area contributed by atoms with Crippen LogP contribution in [0, 0.1) is 24.2 Å². The van der Waals surface area contributed by atoms with Crippen LogP contribution in [0.4, 0.5) is 5.69 Å². The van der Waals surface area contributed by atoms with E-state index in [4.69, 9.17) is 0 Å². The van der Waals surface area contributed by atoms with E-state index in [9.17, 15) is 10.1 Å². The molecular weight excluding hydrogens is 398 g/mol. The zero-order chi connectivity index (χ0) is 22.3. The first kappa shape index (κ1) is 21.6. The van der Waals surface area contributed by atoms with Crippen molar-refractivity contribution in [2.75, 3.05) is 24.5 Å². The molecule has 1 saturated heterocycles. The van der Waals surface area contributed by atoms with Gasteiger partial charge in [-0.3, -0.25) is 4.79 Å². The normalized spacial score (nSPS) is 16.9. The quantitative estimate of drug-likeness (QED) is 0.621. The first-order chi connectivity index (χ1) is 15.7. The molecule has 0 saturated carbocycles. The van der Waals surface area contributed by atoms with Crippen LogP contribution in [0.3, 0.4) is 0 Å². The number of anilines is 1. The van der Waals surface area contributed by atoms with E-state index >= 15 is 0 Å². The fraction of sp³-hybridized carbons (Fsp3) is 0.346. The second-order valence-corrected chi connectivity index (χ2v) is 8.40. The van der Waals surface area contributed by atoms with Crippen LogP contribution in [-0.2, 0) is 11.2 Å². The van der Waals surface area contributed by atoms with Crippen LogP contribution in [0.2, 0.25) is 0 Å². The largest absolute Gasteiger partial charge is 0.371 e. The summed E-state index contributed by atoms with van der Waals surface area (Å²) in [5, 5.41) is 12.8. The van der Waals surface area contributed by atoms with Gasteiger partial charge in [0, 0.05) is 43.6 Å². The molecule has 0 bridgehead atoms. The van der Waals surface area contributed by atoms with Gasteiger partial charge in [0.1, 0.15) is 6.04 Å². The molecule has 1 N–H and O–H groups in total. The number of hydrogen-bond donors (Lipinski definition) is 1. The second kappa shape index (κ2) is 10.1. The molecule has 164 valence electrons. The number of benzene rings is 2. The number of aromatic nitrogens is 2. The summed E-state index contributed by atoms with van der Waals surface area (Å²) in [6.45, 7) is 4.36. The summed E-state index contributed by atoms with van der Waals surface area (Å²) in [5.41, 5.74) is 4.29. The number of hydrogen-bond acceptors (Lipinski definition) is 4. The van der Waals surface area contributed by atoms with Crippen LogP contribution in [0.25, 0.3) is 0 Å². The molecule has 1 amide bonds. The van der Waals surface area contributed by atoms with E-state index in [0.717, 1.165) is 37.2 Å². The third-order valence-corrected chi connectivity index (χ3v) is 6.10. The van der Waals surface area contributed by atoms with Gasteiger partial charge in [-0.15, -0.1) is 0 Å². The van der Waals surface area contributed by atoms with Gasteiger partial charge in [0.05, 0.1) is 18.3 Å². The zero-order valence-corrected chi connectivity index (χ0v) is 18.4. The number of nitriles is 1. The molecule has 6 heteroatoms. The van der Waals surface area contributed by atoms with E-state index in [1.807, 2.05) is 34.9 Å². The molecule has 2 aromatic carbocycles. The van der Waals surface area contributed by atoms with E-state index in [-0.39, 0.29) is 11.8 Å². The topological polar surface area (TPSA) is 74.0 Å². The van der Waals surface area contributed by atoms with Crippen molar-refractivity contribution in [1.82, 2.24) is 14.9 Å². The number of amides is 1. The van der Waals surface area contributed by atoms with E-state index in [2.05, 4.69) is 52.5 Å². The predicted octanol–water partition coefficient (Wildman–Crippen LogP) is 3.88. The first-order valence-corrected chi connectivity index (χ1v) is 11.2. The van der Waals surface area contributed by atoms with Gasteiger partial charge in [0.2, 0.25) is 5.91 Å². The molecule has 6 nitrogen and oxygen atoms in total. The van der Waals surface area contributed by atoms with Crippen molar-refractivity contribution in [2.45, 2.75) is 32.2 Å². The molecule has 4 rings (SSSR count).